The molecule has 2 aliphatic heterocycles. The highest BCUT2D eigenvalue weighted by atomic mass is 32.2. The first-order valence-corrected chi connectivity index (χ1v) is 12.0. The number of carbonyl (C=O) groups is 3. The van der Waals surface area contributed by atoms with Gasteiger partial charge in [-0.1, -0.05) is 24.3 Å². The second-order valence-electron chi connectivity index (χ2n) is 7.38. The molecular weight excluding hydrogens is 466 g/mol. The van der Waals surface area contributed by atoms with Gasteiger partial charge in [0.1, 0.15) is 22.1 Å². The number of hydrogen-bond acceptors (Lipinski definition) is 9. The Morgan fingerprint density at radius 3 is 2.64 bits per heavy atom. The fraction of sp³-hybridized carbons (Fsp3) is 0.286. The van der Waals surface area contributed by atoms with Crippen LogP contribution >= 0.6 is 23.5 Å². The molecule has 5 N–H and O–H groups in total. The second kappa shape index (κ2) is 9.81. The van der Waals surface area contributed by atoms with Gasteiger partial charge in [-0.25, -0.2) is 4.79 Å². The molecule has 0 radical (unpaired) electrons. The maximum atomic E-state index is 12.8. The zero-order valence-electron chi connectivity index (χ0n) is 17.3. The summed E-state index contributed by atoms with van der Waals surface area (Å²) in [5, 5.41) is 29.2. The van der Waals surface area contributed by atoms with Gasteiger partial charge in [-0.3, -0.25) is 14.5 Å². The largest absolute Gasteiger partial charge is 0.492 e. The summed E-state index contributed by atoms with van der Waals surface area (Å²) in [4.78, 5) is 38.6. The molecular formula is C21H21N5O5S2. The van der Waals surface area contributed by atoms with Crippen LogP contribution in [0.25, 0.3) is 0 Å². The highest BCUT2D eigenvalue weighted by molar-refractivity contribution is 8.01. The van der Waals surface area contributed by atoms with Crippen LogP contribution in [0.1, 0.15) is 11.1 Å². The van der Waals surface area contributed by atoms with Gasteiger partial charge in [0.05, 0.1) is 6.42 Å². The van der Waals surface area contributed by atoms with Crippen molar-refractivity contribution in [1.29, 1.82) is 0 Å². The first-order chi connectivity index (χ1) is 15.9. The summed E-state index contributed by atoms with van der Waals surface area (Å²) in [5.41, 5.74) is 7.90. The number of carbonyl (C=O) groups excluding carboxylic acids is 2. The molecule has 4 rings (SSSR count). The number of nitrogens with two attached hydrogens (primary N) is 1. The molecule has 10 nitrogen and oxygen atoms in total. The molecule has 0 saturated carbocycles. The quantitative estimate of drug-likeness (QED) is 0.309. The zero-order chi connectivity index (χ0) is 23.5. The Bertz CT molecular complexity index is 1120. The number of nitrogens with one attached hydrogen (secondary N) is 1. The average Bonchev–Trinajstić information content (AvgIpc) is 2.81. The molecule has 1 saturated heterocycles. The molecule has 3 heterocycles. The molecule has 1 unspecified atom stereocenters. The van der Waals surface area contributed by atoms with Crippen molar-refractivity contribution in [3.63, 3.8) is 0 Å². The first-order valence-electron chi connectivity index (χ1n) is 10.0. The maximum absolute atomic E-state index is 12.8. The van der Waals surface area contributed by atoms with Crippen molar-refractivity contribution in [3.8, 4) is 5.88 Å². The van der Waals surface area contributed by atoms with Gasteiger partial charge < -0.3 is 21.3 Å². The summed E-state index contributed by atoms with van der Waals surface area (Å²) < 4.78 is 0. The van der Waals surface area contributed by atoms with Gasteiger partial charge >= 0.3 is 5.97 Å². The Labute approximate surface area is 197 Å². The van der Waals surface area contributed by atoms with E-state index in [1.165, 1.54) is 34.5 Å². The monoisotopic (exact) mass is 487 g/mol. The molecule has 0 bridgehead atoms. The van der Waals surface area contributed by atoms with Crippen LogP contribution in [0.2, 0.25) is 0 Å². The number of β-lactam (4-membered cyclic amide) rings is 1. The molecule has 2 aliphatic rings. The van der Waals surface area contributed by atoms with Crippen LogP contribution in [0.4, 0.5) is 0 Å². The predicted molar refractivity (Wildman–Crippen MR) is 122 cm³/mol. The Morgan fingerprint density at radius 2 is 1.97 bits per heavy atom. The number of hydrogen-bond donors (Lipinski definition) is 4. The van der Waals surface area contributed by atoms with Crippen molar-refractivity contribution in [1.82, 2.24) is 20.4 Å². The number of aromatic nitrogens is 2. The smallest absolute Gasteiger partial charge is 0.352 e. The highest BCUT2D eigenvalue weighted by Gasteiger charge is 2.54. The minimum Gasteiger partial charge on any atom is -0.492 e. The molecule has 1 fully saturated rings. The van der Waals surface area contributed by atoms with Crippen LogP contribution in [-0.4, -0.2) is 66.0 Å². The van der Waals surface area contributed by atoms with Gasteiger partial charge in [0.25, 0.3) is 5.91 Å². The number of nitrogens with zero attached hydrogens (tertiary/aromatic N) is 3. The number of thioether (sulfide) groups is 2. The third-order valence-corrected chi connectivity index (χ3v) is 7.62. The Kier molecular flexibility index (Phi) is 6.86. The number of aliphatic carboxylic acids is 1. The number of carboxylic acid groups (broad SMARTS) is 1. The lowest BCUT2D eigenvalue weighted by Gasteiger charge is -2.49. The van der Waals surface area contributed by atoms with Crippen LogP contribution in [0.15, 0.2) is 52.7 Å². The lowest BCUT2D eigenvalue weighted by molar-refractivity contribution is -0.150. The molecule has 2 amide bonds. The molecule has 1 aromatic heterocycles. The van der Waals surface area contributed by atoms with Crippen molar-refractivity contribution in [3.05, 3.63) is 58.8 Å². The van der Waals surface area contributed by atoms with Crippen LogP contribution < -0.4 is 11.1 Å². The van der Waals surface area contributed by atoms with Crippen molar-refractivity contribution in [2.45, 2.75) is 29.4 Å². The van der Waals surface area contributed by atoms with Crippen LogP contribution in [0.5, 0.6) is 5.88 Å². The Balaban J connectivity index is 1.43. The number of carboxylic acids is 1. The number of fused-ring (bicyclic) bond motifs is 1. The van der Waals surface area contributed by atoms with E-state index >= 15 is 0 Å². The van der Waals surface area contributed by atoms with E-state index in [1.54, 1.807) is 6.07 Å². The van der Waals surface area contributed by atoms with Gasteiger partial charge in [-0.15, -0.1) is 33.7 Å². The van der Waals surface area contributed by atoms with Gasteiger partial charge in [-0.2, -0.15) is 0 Å². The second-order valence-corrected chi connectivity index (χ2v) is 9.48. The molecule has 1 aromatic carbocycles. The fourth-order valence-electron chi connectivity index (χ4n) is 3.67. The summed E-state index contributed by atoms with van der Waals surface area (Å²) in [5.74, 6) is -1.46. The van der Waals surface area contributed by atoms with E-state index in [0.29, 0.717) is 28.6 Å². The average molecular weight is 488 g/mol. The third-order valence-electron chi connectivity index (χ3n) is 5.28. The van der Waals surface area contributed by atoms with Crippen LogP contribution in [0, 0.1) is 0 Å². The van der Waals surface area contributed by atoms with Gasteiger partial charge in [0.15, 0.2) is 0 Å². The predicted octanol–water partition coefficient (Wildman–Crippen LogP) is 0.714. The normalized spacial score (nSPS) is 19.7. The fourth-order valence-corrected chi connectivity index (χ4v) is 5.97. The van der Waals surface area contributed by atoms with E-state index in [0.717, 1.165) is 11.1 Å². The third kappa shape index (κ3) is 4.82. The Morgan fingerprint density at radius 1 is 1.21 bits per heavy atom. The molecule has 2 atom stereocenters. The van der Waals surface area contributed by atoms with Gasteiger partial charge in [-0.05, 0) is 22.8 Å². The highest BCUT2D eigenvalue weighted by Crippen LogP contribution is 2.41. The van der Waals surface area contributed by atoms with E-state index in [2.05, 4.69) is 15.5 Å². The number of aromatic hydroxyl groups is 1. The van der Waals surface area contributed by atoms with Gasteiger partial charge in [0.2, 0.25) is 11.8 Å². The summed E-state index contributed by atoms with van der Waals surface area (Å²) in [6.07, 6.45) is 0.0890. The van der Waals surface area contributed by atoms with Crippen LogP contribution in [-0.2, 0) is 27.3 Å². The summed E-state index contributed by atoms with van der Waals surface area (Å²) >= 11 is 2.67. The van der Waals surface area contributed by atoms with Crippen molar-refractivity contribution >= 4 is 41.3 Å². The van der Waals surface area contributed by atoms with E-state index in [4.69, 9.17) is 5.73 Å². The number of benzene rings is 1. The summed E-state index contributed by atoms with van der Waals surface area (Å²) in [7, 11) is 0. The van der Waals surface area contributed by atoms with Crippen molar-refractivity contribution < 1.29 is 24.6 Å². The maximum Gasteiger partial charge on any atom is 0.352 e. The SMILES string of the molecule is NCc1ccccc1CC(=O)NC1C(=O)N2C(C(=O)O)=C(CSc3ccc(O)nn3)CS[C@H]12. The standard InChI is InChI=1S/C21H21N5O5S2/c22-8-12-4-2-1-3-11(12)7-15(28)23-17-19(29)26-18(21(30)31)13(10-33-20(17)26)9-32-16-6-5-14(27)24-25-16/h1-6,17,20H,7-10,22H2,(H,23,28)(H,24,27)(H,30,31)/t17?,20-/m1/s1. The van der Waals surface area contributed by atoms with E-state index in [9.17, 15) is 24.6 Å². The minimum absolute atomic E-state index is 0.0537. The minimum atomic E-state index is -1.19. The molecule has 33 heavy (non-hydrogen) atoms. The van der Waals surface area contributed by atoms with E-state index in [-0.39, 0.29) is 23.9 Å². The van der Waals surface area contributed by atoms with Crippen molar-refractivity contribution in [2.75, 3.05) is 11.5 Å². The Hall–Kier alpha value is -3.09. The van der Waals surface area contributed by atoms with E-state index < -0.39 is 23.3 Å². The molecule has 172 valence electrons. The summed E-state index contributed by atoms with van der Waals surface area (Å²) in [6, 6.07) is 9.53. The molecule has 2 aromatic rings. The number of amides is 2. The first kappa shape index (κ1) is 23.1. The van der Waals surface area contributed by atoms with E-state index in [1.807, 2.05) is 24.3 Å². The molecule has 0 spiro atoms. The van der Waals surface area contributed by atoms with Gasteiger partial charge in [0, 0.05) is 24.1 Å². The van der Waals surface area contributed by atoms with Crippen molar-refractivity contribution in [2.24, 2.45) is 5.73 Å². The lowest BCUT2D eigenvalue weighted by Crippen LogP contribution is -2.70. The molecule has 0 aliphatic carbocycles. The topological polar surface area (TPSA) is 159 Å². The zero-order valence-corrected chi connectivity index (χ0v) is 18.9. The van der Waals surface area contributed by atoms with Crippen LogP contribution in [0.3, 0.4) is 0 Å². The molecule has 12 heteroatoms. The number of rotatable bonds is 8. The lowest BCUT2D eigenvalue weighted by atomic mass is 10.0. The summed E-state index contributed by atoms with van der Waals surface area (Å²) in [6.45, 7) is 0.307.